The van der Waals surface area contributed by atoms with Crippen molar-refractivity contribution in [1.82, 2.24) is 19.8 Å². The second-order valence-corrected chi connectivity index (χ2v) is 7.22. The van der Waals surface area contributed by atoms with Gasteiger partial charge in [0.25, 0.3) is 5.91 Å². The van der Waals surface area contributed by atoms with Crippen molar-refractivity contribution in [3.8, 4) is 11.4 Å². The van der Waals surface area contributed by atoms with Gasteiger partial charge >= 0.3 is 0 Å². The maximum Gasteiger partial charge on any atom is 0.257 e. The van der Waals surface area contributed by atoms with Gasteiger partial charge in [0.05, 0.1) is 11.8 Å². The molecule has 0 spiro atoms. The van der Waals surface area contributed by atoms with Crippen LogP contribution in [0.15, 0.2) is 59.7 Å². The van der Waals surface area contributed by atoms with Crippen molar-refractivity contribution in [3.63, 3.8) is 0 Å². The van der Waals surface area contributed by atoms with Gasteiger partial charge in [-0.25, -0.2) is 9.97 Å². The first-order valence-electron chi connectivity index (χ1n) is 9.61. The minimum Gasteiger partial charge on any atom is -0.472 e. The van der Waals surface area contributed by atoms with Crippen LogP contribution >= 0.6 is 0 Å². The van der Waals surface area contributed by atoms with E-state index in [1.165, 1.54) is 18.1 Å². The first-order valence-corrected chi connectivity index (χ1v) is 9.61. The topological polar surface area (TPSA) is 62.5 Å². The van der Waals surface area contributed by atoms with Crippen molar-refractivity contribution < 1.29 is 9.21 Å². The second kappa shape index (κ2) is 8.35. The standard InChI is InChI=1S/C22H24N4O2/c1-17-4-2-5-19(12-17)21-23-13-18(14-24-21)15-25-7-3-8-26(10-9-25)22(27)20-6-11-28-16-20/h2,4-6,11-14,16H,3,7-10,15H2,1H3. The van der Waals surface area contributed by atoms with Crippen molar-refractivity contribution in [2.75, 3.05) is 26.2 Å². The van der Waals surface area contributed by atoms with E-state index < -0.39 is 0 Å². The number of benzene rings is 1. The molecule has 6 heteroatoms. The molecule has 0 aliphatic carbocycles. The zero-order valence-corrected chi connectivity index (χ0v) is 16.0. The van der Waals surface area contributed by atoms with Crippen LogP contribution in [0.2, 0.25) is 0 Å². The summed E-state index contributed by atoms with van der Waals surface area (Å²) < 4.78 is 5.03. The Labute approximate surface area is 164 Å². The molecule has 0 saturated carbocycles. The maximum absolute atomic E-state index is 12.5. The van der Waals surface area contributed by atoms with Gasteiger partial charge in [-0.2, -0.15) is 0 Å². The molecule has 1 aliphatic rings. The number of hydrogen-bond acceptors (Lipinski definition) is 5. The van der Waals surface area contributed by atoms with Crippen LogP contribution in [0, 0.1) is 6.92 Å². The zero-order valence-electron chi connectivity index (χ0n) is 16.0. The smallest absolute Gasteiger partial charge is 0.257 e. The molecular formula is C22H24N4O2. The van der Waals surface area contributed by atoms with Gasteiger partial charge in [0.1, 0.15) is 6.26 Å². The van der Waals surface area contributed by atoms with Crippen LogP contribution in [0.1, 0.15) is 27.9 Å². The summed E-state index contributed by atoms with van der Waals surface area (Å²) in [7, 11) is 0. The van der Waals surface area contributed by atoms with E-state index in [0.717, 1.165) is 49.6 Å². The van der Waals surface area contributed by atoms with E-state index in [1.807, 2.05) is 29.4 Å². The number of aryl methyl sites for hydroxylation is 1. The summed E-state index contributed by atoms with van der Waals surface area (Å²) in [6.07, 6.45) is 7.82. The number of carbonyl (C=O) groups excluding carboxylic acids is 1. The first kappa shape index (κ1) is 18.4. The molecule has 4 rings (SSSR count). The van der Waals surface area contributed by atoms with Gasteiger partial charge in [0.2, 0.25) is 0 Å². The molecule has 1 fully saturated rings. The van der Waals surface area contributed by atoms with Gasteiger partial charge in [0, 0.05) is 56.2 Å². The van der Waals surface area contributed by atoms with Crippen molar-refractivity contribution in [2.45, 2.75) is 19.9 Å². The van der Waals surface area contributed by atoms with Crippen molar-refractivity contribution >= 4 is 5.91 Å². The number of amides is 1. The Kier molecular flexibility index (Phi) is 5.48. The number of nitrogens with zero attached hydrogens (tertiary/aromatic N) is 4. The molecule has 6 nitrogen and oxygen atoms in total. The molecule has 0 N–H and O–H groups in total. The molecule has 1 aromatic carbocycles. The average Bonchev–Trinajstić information content (AvgIpc) is 3.15. The number of furan rings is 1. The lowest BCUT2D eigenvalue weighted by atomic mass is 10.1. The van der Waals surface area contributed by atoms with Gasteiger partial charge in [-0.05, 0) is 25.5 Å². The Balaban J connectivity index is 1.36. The number of aromatic nitrogens is 2. The Morgan fingerprint density at radius 2 is 1.96 bits per heavy atom. The zero-order chi connectivity index (χ0) is 19.3. The lowest BCUT2D eigenvalue weighted by Crippen LogP contribution is -2.34. The van der Waals surface area contributed by atoms with E-state index >= 15 is 0 Å². The number of rotatable bonds is 4. The Morgan fingerprint density at radius 3 is 2.71 bits per heavy atom. The van der Waals surface area contributed by atoms with Crippen LogP contribution in [-0.4, -0.2) is 51.9 Å². The molecule has 0 unspecified atom stereocenters. The molecular weight excluding hydrogens is 352 g/mol. The van der Waals surface area contributed by atoms with E-state index in [2.05, 4.69) is 33.9 Å². The molecule has 0 radical (unpaired) electrons. The summed E-state index contributed by atoms with van der Waals surface area (Å²) in [5, 5.41) is 0. The largest absolute Gasteiger partial charge is 0.472 e. The predicted molar refractivity (Wildman–Crippen MR) is 107 cm³/mol. The van der Waals surface area contributed by atoms with Gasteiger partial charge in [0.15, 0.2) is 5.82 Å². The first-order chi connectivity index (χ1) is 13.7. The third kappa shape index (κ3) is 4.28. The molecule has 28 heavy (non-hydrogen) atoms. The number of carbonyl (C=O) groups is 1. The lowest BCUT2D eigenvalue weighted by Gasteiger charge is -2.21. The van der Waals surface area contributed by atoms with E-state index in [-0.39, 0.29) is 5.91 Å². The van der Waals surface area contributed by atoms with Crippen LogP contribution in [0.4, 0.5) is 0 Å². The minimum atomic E-state index is 0.0430. The highest BCUT2D eigenvalue weighted by Gasteiger charge is 2.21. The van der Waals surface area contributed by atoms with Gasteiger partial charge in [-0.3, -0.25) is 9.69 Å². The van der Waals surface area contributed by atoms with Gasteiger partial charge in [-0.1, -0.05) is 23.8 Å². The number of hydrogen-bond donors (Lipinski definition) is 0. The summed E-state index contributed by atoms with van der Waals surface area (Å²) >= 11 is 0. The predicted octanol–water partition coefficient (Wildman–Crippen LogP) is 3.39. The Hall–Kier alpha value is -2.99. The third-order valence-electron chi connectivity index (χ3n) is 5.03. The molecule has 0 bridgehead atoms. The lowest BCUT2D eigenvalue weighted by molar-refractivity contribution is 0.0760. The molecule has 144 valence electrons. The normalized spacial score (nSPS) is 15.4. The van der Waals surface area contributed by atoms with Crippen molar-refractivity contribution in [3.05, 3.63) is 71.9 Å². The summed E-state index contributed by atoms with van der Waals surface area (Å²) in [5.41, 5.74) is 3.94. The van der Waals surface area contributed by atoms with Crippen LogP contribution < -0.4 is 0 Å². The van der Waals surface area contributed by atoms with E-state index in [4.69, 9.17) is 4.42 Å². The molecule has 3 aromatic rings. The fourth-order valence-corrected chi connectivity index (χ4v) is 3.53. The minimum absolute atomic E-state index is 0.0430. The van der Waals surface area contributed by atoms with E-state index in [0.29, 0.717) is 12.1 Å². The van der Waals surface area contributed by atoms with Crippen LogP contribution in [0.5, 0.6) is 0 Å². The maximum atomic E-state index is 12.5. The molecule has 3 heterocycles. The Bertz CT molecular complexity index is 922. The molecule has 1 saturated heterocycles. The summed E-state index contributed by atoms with van der Waals surface area (Å²) in [4.78, 5) is 25.8. The summed E-state index contributed by atoms with van der Waals surface area (Å²) in [6, 6.07) is 9.93. The average molecular weight is 376 g/mol. The van der Waals surface area contributed by atoms with Gasteiger partial charge in [-0.15, -0.1) is 0 Å². The Morgan fingerprint density at radius 1 is 1.11 bits per heavy atom. The second-order valence-electron chi connectivity index (χ2n) is 7.22. The monoisotopic (exact) mass is 376 g/mol. The van der Waals surface area contributed by atoms with E-state index in [9.17, 15) is 4.79 Å². The summed E-state index contributed by atoms with van der Waals surface area (Å²) in [5.74, 6) is 0.793. The highest BCUT2D eigenvalue weighted by molar-refractivity contribution is 5.93. The highest BCUT2D eigenvalue weighted by atomic mass is 16.3. The van der Waals surface area contributed by atoms with Crippen molar-refractivity contribution in [2.24, 2.45) is 0 Å². The molecule has 0 atom stereocenters. The van der Waals surface area contributed by atoms with Crippen molar-refractivity contribution in [1.29, 1.82) is 0 Å². The SMILES string of the molecule is Cc1cccc(-c2ncc(CN3CCCN(C(=O)c4ccoc4)CC3)cn2)c1. The fraction of sp³-hybridized carbons (Fsp3) is 0.318. The molecule has 2 aromatic heterocycles. The van der Waals surface area contributed by atoms with Crippen LogP contribution in [0.25, 0.3) is 11.4 Å². The summed E-state index contributed by atoms with van der Waals surface area (Å²) in [6.45, 7) is 6.13. The van der Waals surface area contributed by atoms with E-state index in [1.54, 1.807) is 6.07 Å². The highest BCUT2D eigenvalue weighted by Crippen LogP contribution is 2.17. The van der Waals surface area contributed by atoms with Crippen LogP contribution in [0.3, 0.4) is 0 Å². The quantitative estimate of drug-likeness (QED) is 0.698. The third-order valence-corrected chi connectivity index (χ3v) is 5.03. The fourth-order valence-electron chi connectivity index (χ4n) is 3.53. The van der Waals surface area contributed by atoms with Gasteiger partial charge < -0.3 is 9.32 Å². The molecule has 1 amide bonds. The van der Waals surface area contributed by atoms with Crippen LogP contribution in [-0.2, 0) is 6.54 Å². The molecule has 1 aliphatic heterocycles.